The molecule has 0 aromatic heterocycles. The third-order valence-corrected chi connectivity index (χ3v) is 6.80. The summed E-state index contributed by atoms with van der Waals surface area (Å²) in [5.41, 5.74) is 4.65. The Balaban J connectivity index is 1.43. The molecule has 0 aliphatic carbocycles. The maximum atomic E-state index is 13.3. The van der Waals surface area contributed by atoms with Gasteiger partial charge in [-0.3, -0.25) is 10.2 Å². The van der Waals surface area contributed by atoms with Crippen LogP contribution in [0.4, 0.5) is 16.2 Å². The summed E-state index contributed by atoms with van der Waals surface area (Å²) in [7, 11) is 0. The number of amides is 2. The van der Waals surface area contributed by atoms with E-state index in [2.05, 4.69) is 88.9 Å². The van der Waals surface area contributed by atoms with Crippen molar-refractivity contribution >= 4 is 17.4 Å². The first-order valence-electron chi connectivity index (χ1n) is 11.6. The third-order valence-electron chi connectivity index (χ3n) is 6.80. The standard InChI is InChI=1S/C27H30N4O/c1-2-21-31(25-16-10-9-15-24(25)28-27(31)32)30-19-17-29(18-20-30)26(22-11-5-3-6-12-22)23-13-7-4-8-14-23/h3-16,26H,2,17-21H2,1H3/p+1. The maximum absolute atomic E-state index is 13.3. The summed E-state index contributed by atoms with van der Waals surface area (Å²) in [6.07, 6.45) is 0.943. The molecular weight excluding hydrogens is 396 g/mol. The third kappa shape index (κ3) is 3.52. The van der Waals surface area contributed by atoms with Crippen LogP contribution in [-0.4, -0.2) is 48.7 Å². The molecule has 1 saturated heterocycles. The van der Waals surface area contributed by atoms with Crippen LogP contribution in [0.5, 0.6) is 0 Å². The van der Waals surface area contributed by atoms with Crippen LogP contribution in [0.1, 0.15) is 30.5 Å². The quantitative estimate of drug-likeness (QED) is 0.544. The zero-order chi connectivity index (χ0) is 22.0. The van der Waals surface area contributed by atoms with Crippen molar-refractivity contribution in [2.75, 3.05) is 38.0 Å². The number of anilines is 1. The topological polar surface area (TPSA) is 35.6 Å². The van der Waals surface area contributed by atoms with Crippen molar-refractivity contribution in [3.63, 3.8) is 0 Å². The van der Waals surface area contributed by atoms with E-state index in [1.54, 1.807) is 0 Å². The fourth-order valence-corrected chi connectivity index (χ4v) is 5.38. The number of fused-ring (bicyclic) bond motifs is 1. The molecule has 2 amide bonds. The molecule has 0 spiro atoms. The first-order chi connectivity index (χ1) is 15.7. The molecule has 164 valence electrons. The Hall–Kier alpha value is -2.99. The molecule has 0 bridgehead atoms. The molecule has 2 aliphatic heterocycles. The minimum Gasteiger partial charge on any atom is -0.289 e. The molecule has 32 heavy (non-hydrogen) atoms. The molecule has 1 unspecified atom stereocenters. The Morgan fingerprint density at radius 2 is 1.38 bits per heavy atom. The van der Waals surface area contributed by atoms with E-state index >= 15 is 0 Å². The van der Waals surface area contributed by atoms with E-state index in [9.17, 15) is 4.79 Å². The second kappa shape index (κ2) is 8.87. The number of carbonyl (C=O) groups is 1. The van der Waals surface area contributed by atoms with E-state index in [1.807, 2.05) is 18.2 Å². The normalized spacial score (nSPS) is 21.5. The highest BCUT2D eigenvalue weighted by molar-refractivity contribution is 6.07. The van der Waals surface area contributed by atoms with Crippen LogP contribution in [-0.2, 0) is 0 Å². The van der Waals surface area contributed by atoms with E-state index in [-0.39, 0.29) is 12.1 Å². The fourth-order valence-electron chi connectivity index (χ4n) is 5.38. The van der Waals surface area contributed by atoms with Crippen molar-refractivity contribution in [2.45, 2.75) is 19.4 Å². The SMILES string of the molecule is CCC[N+]1(N2CCN(C(c3ccccc3)c3ccccc3)CC2)C(=O)Nc2ccccc21. The summed E-state index contributed by atoms with van der Waals surface area (Å²) in [5, 5.41) is 5.50. The molecular formula is C27H31N4O+. The molecule has 0 radical (unpaired) electrons. The van der Waals surface area contributed by atoms with Gasteiger partial charge in [0.05, 0.1) is 19.1 Å². The monoisotopic (exact) mass is 427 g/mol. The Labute approximate surface area is 190 Å². The van der Waals surface area contributed by atoms with Crippen molar-refractivity contribution in [3.05, 3.63) is 96.1 Å². The Kier molecular flexibility index (Phi) is 5.79. The number of hydrogen-bond donors (Lipinski definition) is 1. The number of urea groups is 1. The molecule has 1 fully saturated rings. The van der Waals surface area contributed by atoms with E-state index in [0.717, 1.165) is 50.5 Å². The van der Waals surface area contributed by atoms with Crippen molar-refractivity contribution in [2.24, 2.45) is 0 Å². The average molecular weight is 428 g/mol. The molecule has 2 aliphatic rings. The van der Waals surface area contributed by atoms with Gasteiger partial charge in [-0.15, -0.1) is 9.60 Å². The zero-order valence-electron chi connectivity index (χ0n) is 18.7. The lowest BCUT2D eigenvalue weighted by molar-refractivity contribution is -0.0179. The van der Waals surface area contributed by atoms with Gasteiger partial charge >= 0.3 is 6.03 Å². The summed E-state index contributed by atoms with van der Waals surface area (Å²) >= 11 is 0. The van der Waals surface area contributed by atoms with Crippen molar-refractivity contribution in [1.29, 1.82) is 0 Å². The molecule has 3 aromatic rings. The first-order valence-corrected chi connectivity index (χ1v) is 11.6. The van der Waals surface area contributed by atoms with Gasteiger partial charge < -0.3 is 0 Å². The van der Waals surface area contributed by atoms with Gasteiger partial charge in [-0.2, -0.15) is 0 Å². The van der Waals surface area contributed by atoms with Gasteiger partial charge in [-0.1, -0.05) is 79.7 Å². The van der Waals surface area contributed by atoms with E-state index < -0.39 is 0 Å². The number of piperazine rings is 1. The molecule has 1 N–H and O–H groups in total. The number of benzene rings is 3. The molecule has 5 rings (SSSR count). The second-order valence-electron chi connectivity index (χ2n) is 8.65. The van der Waals surface area contributed by atoms with Crippen LogP contribution in [0.2, 0.25) is 0 Å². The lowest BCUT2D eigenvalue weighted by Gasteiger charge is -2.45. The van der Waals surface area contributed by atoms with Crippen LogP contribution in [0.25, 0.3) is 0 Å². The van der Waals surface area contributed by atoms with E-state index in [4.69, 9.17) is 0 Å². The van der Waals surface area contributed by atoms with Gasteiger partial charge in [0.25, 0.3) is 0 Å². The highest BCUT2D eigenvalue weighted by Crippen LogP contribution is 2.41. The van der Waals surface area contributed by atoms with Gasteiger partial charge in [0.1, 0.15) is 12.2 Å². The van der Waals surface area contributed by atoms with E-state index in [1.165, 1.54) is 11.1 Å². The molecule has 2 heterocycles. The van der Waals surface area contributed by atoms with Crippen LogP contribution < -0.4 is 9.91 Å². The minimum atomic E-state index is 0.0733. The Morgan fingerprint density at radius 3 is 1.97 bits per heavy atom. The van der Waals surface area contributed by atoms with Gasteiger partial charge in [0.2, 0.25) is 0 Å². The highest BCUT2D eigenvalue weighted by Gasteiger charge is 2.52. The van der Waals surface area contributed by atoms with Gasteiger partial charge in [-0.25, -0.2) is 4.79 Å². The van der Waals surface area contributed by atoms with Crippen molar-refractivity contribution in [1.82, 2.24) is 14.5 Å². The predicted octanol–water partition coefficient (Wildman–Crippen LogP) is 5.27. The van der Waals surface area contributed by atoms with Crippen LogP contribution in [0, 0.1) is 0 Å². The lowest BCUT2D eigenvalue weighted by atomic mass is 9.96. The number of hydrogen-bond acceptors (Lipinski definition) is 3. The van der Waals surface area contributed by atoms with Gasteiger partial charge in [0.15, 0.2) is 5.69 Å². The molecule has 1 atom stereocenters. The van der Waals surface area contributed by atoms with Gasteiger partial charge in [0, 0.05) is 19.2 Å². The summed E-state index contributed by atoms with van der Waals surface area (Å²) in [4.78, 5) is 15.9. The Bertz CT molecular complexity index is 1020. The number of quaternary nitrogens is 1. The fraction of sp³-hybridized carbons (Fsp3) is 0.296. The van der Waals surface area contributed by atoms with Gasteiger partial charge in [-0.05, 0) is 23.6 Å². The first kappa shape index (κ1) is 20.9. The second-order valence-corrected chi connectivity index (χ2v) is 8.65. The Morgan fingerprint density at radius 1 is 0.812 bits per heavy atom. The number of nitrogens with one attached hydrogen (secondary N) is 1. The summed E-state index contributed by atoms with van der Waals surface area (Å²) in [5.74, 6) is 0. The lowest BCUT2D eigenvalue weighted by Crippen LogP contribution is -2.68. The number of rotatable bonds is 6. The zero-order valence-corrected chi connectivity index (χ0v) is 18.7. The predicted molar refractivity (Wildman–Crippen MR) is 130 cm³/mol. The minimum absolute atomic E-state index is 0.0733. The van der Waals surface area contributed by atoms with Crippen molar-refractivity contribution in [3.8, 4) is 0 Å². The van der Waals surface area contributed by atoms with Crippen LogP contribution in [0.3, 0.4) is 0 Å². The number of nitrogens with zero attached hydrogens (tertiary/aromatic N) is 3. The molecule has 5 nitrogen and oxygen atoms in total. The highest BCUT2D eigenvalue weighted by atomic mass is 16.2. The molecule has 5 heteroatoms. The maximum Gasteiger partial charge on any atom is 0.446 e. The smallest absolute Gasteiger partial charge is 0.289 e. The van der Waals surface area contributed by atoms with Crippen LogP contribution >= 0.6 is 0 Å². The number of carbonyl (C=O) groups excluding carboxylic acids is 1. The number of para-hydroxylation sites is 2. The molecule has 0 saturated carbocycles. The van der Waals surface area contributed by atoms with E-state index in [0.29, 0.717) is 4.59 Å². The van der Waals surface area contributed by atoms with Crippen molar-refractivity contribution < 1.29 is 4.79 Å². The average Bonchev–Trinajstić information content (AvgIpc) is 3.13. The largest absolute Gasteiger partial charge is 0.446 e. The van der Waals surface area contributed by atoms with Crippen LogP contribution in [0.15, 0.2) is 84.9 Å². The summed E-state index contributed by atoms with van der Waals surface area (Å²) in [6, 6.07) is 30.0. The molecule has 3 aromatic carbocycles. The summed E-state index contributed by atoms with van der Waals surface area (Å²) < 4.78 is 0.294. The summed E-state index contributed by atoms with van der Waals surface area (Å²) in [6.45, 7) is 6.45.